The summed E-state index contributed by atoms with van der Waals surface area (Å²) in [4.78, 5) is 29.4. The number of pyridine rings is 1. The Morgan fingerprint density at radius 3 is 2.43 bits per heavy atom. The fraction of sp³-hybridized carbons (Fsp3) is 0.278. The second-order valence-corrected chi connectivity index (χ2v) is 5.26. The van der Waals surface area contributed by atoms with Crippen molar-refractivity contribution in [2.45, 2.75) is 26.8 Å². The van der Waals surface area contributed by atoms with Gasteiger partial charge in [-0.25, -0.2) is 0 Å². The van der Waals surface area contributed by atoms with Crippen molar-refractivity contribution in [1.82, 2.24) is 10.3 Å². The van der Waals surface area contributed by atoms with Crippen molar-refractivity contribution in [3.63, 3.8) is 0 Å². The summed E-state index contributed by atoms with van der Waals surface area (Å²) in [7, 11) is 0. The smallest absolute Gasteiger partial charge is 0.240 e. The normalized spacial score (nSPS) is 10.2. The quantitative estimate of drug-likeness (QED) is 0.890. The second-order valence-electron chi connectivity index (χ2n) is 5.26. The summed E-state index contributed by atoms with van der Waals surface area (Å²) in [5, 5.41) is 2.80. The van der Waals surface area contributed by atoms with E-state index in [2.05, 4.69) is 17.2 Å². The molecule has 1 heterocycles. The molecule has 0 aliphatic rings. The number of carbonyl (C=O) groups excluding carboxylic acids is 2. The van der Waals surface area contributed by atoms with Gasteiger partial charge in [0, 0.05) is 31.5 Å². The van der Waals surface area contributed by atoms with Gasteiger partial charge in [0.1, 0.15) is 6.54 Å². The third-order valence-corrected chi connectivity index (χ3v) is 3.55. The summed E-state index contributed by atoms with van der Waals surface area (Å²) in [6.45, 7) is 3.93. The Hall–Kier alpha value is -2.69. The van der Waals surface area contributed by atoms with Crippen LogP contribution in [0.3, 0.4) is 0 Å². The van der Waals surface area contributed by atoms with Gasteiger partial charge in [-0.1, -0.05) is 25.1 Å². The molecular weight excluding hydrogens is 290 g/mol. The van der Waals surface area contributed by atoms with Crippen LogP contribution in [0.15, 0.2) is 48.8 Å². The van der Waals surface area contributed by atoms with Crippen LogP contribution in [-0.4, -0.2) is 23.3 Å². The number of hydrogen-bond donors (Lipinski definition) is 1. The molecule has 0 unspecified atom stereocenters. The number of amides is 2. The van der Waals surface area contributed by atoms with Gasteiger partial charge in [0.25, 0.3) is 0 Å². The number of benzene rings is 1. The number of nitrogens with zero attached hydrogens (tertiary/aromatic N) is 2. The monoisotopic (exact) mass is 311 g/mol. The van der Waals surface area contributed by atoms with E-state index in [0.29, 0.717) is 6.54 Å². The standard InChI is InChI=1S/C18H21N3O2/c1-3-15-6-8-17(9-7-15)21(14(2)22)13-18(23)20-12-16-5-4-10-19-11-16/h4-11H,3,12-13H2,1-2H3,(H,20,23). The maximum atomic E-state index is 12.1. The van der Waals surface area contributed by atoms with Crippen molar-refractivity contribution in [2.24, 2.45) is 0 Å². The zero-order valence-corrected chi connectivity index (χ0v) is 13.5. The zero-order valence-electron chi connectivity index (χ0n) is 13.5. The molecule has 5 heteroatoms. The lowest BCUT2D eigenvalue weighted by molar-refractivity contribution is -0.123. The minimum absolute atomic E-state index is 0.00106. The van der Waals surface area contributed by atoms with Gasteiger partial charge in [0.05, 0.1) is 0 Å². The number of hydrogen-bond acceptors (Lipinski definition) is 3. The van der Waals surface area contributed by atoms with E-state index in [9.17, 15) is 9.59 Å². The van der Waals surface area contributed by atoms with Crippen molar-refractivity contribution in [3.8, 4) is 0 Å². The van der Waals surface area contributed by atoms with Crippen LogP contribution >= 0.6 is 0 Å². The van der Waals surface area contributed by atoms with E-state index in [4.69, 9.17) is 0 Å². The van der Waals surface area contributed by atoms with Crippen LogP contribution in [-0.2, 0) is 22.6 Å². The molecule has 0 bridgehead atoms. The summed E-state index contributed by atoms with van der Waals surface area (Å²) in [6.07, 6.45) is 4.32. The Morgan fingerprint density at radius 1 is 1.13 bits per heavy atom. The van der Waals surface area contributed by atoms with E-state index in [0.717, 1.165) is 17.7 Å². The van der Waals surface area contributed by atoms with Crippen molar-refractivity contribution in [1.29, 1.82) is 0 Å². The van der Waals surface area contributed by atoms with Crippen molar-refractivity contribution in [2.75, 3.05) is 11.4 Å². The number of anilines is 1. The number of carbonyl (C=O) groups is 2. The highest BCUT2D eigenvalue weighted by molar-refractivity contribution is 5.97. The molecule has 0 aliphatic carbocycles. The summed E-state index contributed by atoms with van der Waals surface area (Å²) in [6, 6.07) is 11.4. The van der Waals surface area contributed by atoms with Crippen LogP contribution < -0.4 is 10.2 Å². The Morgan fingerprint density at radius 2 is 1.87 bits per heavy atom. The van der Waals surface area contributed by atoms with E-state index in [1.807, 2.05) is 36.4 Å². The maximum absolute atomic E-state index is 12.1. The Kier molecular flexibility index (Phi) is 5.86. The maximum Gasteiger partial charge on any atom is 0.240 e. The lowest BCUT2D eigenvalue weighted by Gasteiger charge is -2.21. The predicted molar refractivity (Wildman–Crippen MR) is 89.9 cm³/mol. The van der Waals surface area contributed by atoms with E-state index in [1.165, 1.54) is 17.4 Å². The average Bonchev–Trinajstić information content (AvgIpc) is 2.58. The minimum Gasteiger partial charge on any atom is -0.350 e. The molecule has 2 aromatic rings. The predicted octanol–water partition coefficient (Wildman–Crippen LogP) is 2.31. The fourth-order valence-corrected chi connectivity index (χ4v) is 2.20. The second kappa shape index (κ2) is 8.08. The van der Waals surface area contributed by atoms with Crippen LogP contribution in [0, 0.1) is 0 Å². The van der Waals surface area contributed by atoms with Crippen LogP contribution in [0.1, 0.15) is 25.0 Å². The number of nitrogens with one attached hydrogen (secondary N) is 1. The molecule has 0 spiro atoms. The van der Waals surface area contributed by atoms with E-state index in [-0.39, 0.29) is 18.4 Å². The van der Waals surface area contributed by atoms with Crippen LogP contribution in [0.4, 0.5) is 5.69 Å². The van der Waals surface area contributed by atoms with E-state index < -0.39 is 0 Å². The SMILES string of the molecule is CCc1ccc(N(CC(=O)NCc2cccnc2)C(C)=O)cc1. The summed E-state index contributed by atoms with van der Waals surface area (Å²) < 4.78 is 0. The first-order valence-electron chi connectivity index (χ1n) is 7.62. The van der Waals surface area contributed by atoms with E-state index >= 15 is 0 Å². The Bertz CT molecular complexity index is 654. The lowest BCUT2D eigenvalue weighted by Crippen LogP contribution is -2.39. The molecule has 0 radical (unpaired) electrons. The van der Waals surface area contributed by atoms with Gasteiger partial charge in [0.2, 0.25) is 11.8 Å². The first-order chi connectivity index (χ1) is 11.1. The molecule has 120 valence electrons. The number of aromatic nitrogens is 1. The molecule has 1 aromatic carbocycles. The number of aryl methyl sites for hydroxylation is 1. The molecule has 0 saturated heterocycles. The molecule has 0 atom stereocenters. The lowest BCUT2D eigenvalue weighted by atomic mass is 10.1. The minimum atomic E-state index is -0.205. The van der Waals surface area contributed by atoms with Crippen molar-refractivity contribution >= 4 is 17.5 Å². The molecular formula is C18H21N3O2. The molecule has 23 heavy (non-hydrogen) atoms. The van der Waals surface area contributed by atoms with Gasteiger partial charge < -0.3 is 10.2 Å². The Balaban J connectivity index is 1.98. The first-order valence-corrected chi connectivity index (χ1v) is 7.62. The summed E-state index contributed by atoms with van der Waals surface area (Å²) >= 11 is 0. The van der Waals surface area contributed by atoms with Crippen LogP contribution in [0.25, 0.3) is 0 Å². The summed E-state index contributed by atoms with van der Waals surface area (Å²) in [5.74, 6) is -0.366. The molecule has 2 amide bonds. The van der Waals surface area contributed by atoms with E-state index in [1.54, 1.807) is 12.4 Å². The molecule has 1 aromatic heterocycles. The van der Waals surface area contributed by atoms with Gasteiger partial charge in [-0.3, -0.25) is 14.6 Å². The van der Waals surface area contributed by atoms with Crippen molar-refractivity contribution in [3.05, 3.63) is 59.9 Å². The topological polar surface area (TPSA) is 62.3 Å². The molecule has 0 aliphatic heterocycles. The average molecular weight is 311 g/mol. The van der Waals surface area contributed by atoms with Crippen LogP contribution in [0.5, 0.6) is 0 Å². The largest absolute Gasteiger partial charge is 0.350 e. The van der Waals surface area contributed by atoms with Gasteiger partial charge in [-0.2, -0.15) is 0 Å². The molecule has 2 rings (SSSR count). The highest BCUT2D eigenvalue weighted by Gasteiger charge is 2.15. The summed E-state index contributed by atoms with van der Waals surface area (Å²) in [5.41, 5.74) is 2.84. The van der Waals surface area contributed by atoms with Gasteiger partial charge in [-0.05, 0) is 35.7 Å². The molecule has 0 fully saturated rings. The highest BCUT2D eigenvalue weighted by atomic mass is 16.2. The van der Waals surface area contributed by atoms with Gasteiger partial charge in [0.15, 0.2) is 0 Å². The third kappa shape index (κ3) is 4.92. The fourth-order valence-electron chi connectivity index (χ4n) is 2.20. The highest BCUT2D eigenvalue weighted by Crippen LogP contribution is 2.15. The zero-order chi connectivity index (χ0) is 16.7. The first kappa shape index (κ1) is 16.7. The molecule has 5 nitrogen and oxygen atoms in total. The molecule has 0 saturated carbocycles. The van der Waals surface area contributed by atoms with Gasteiger partial charge >= 0.3 is 0 Å². The van der Waals surface area contributed by atoms with Crippen molar-refractivity contribution < 1.29 is 9.59 Å². The van der Waals surface area contributed by atoms with Gasteiger partial charge in [-0.15, -0.1) is 0 Å². The molecule has 1 N–H and O–H groups in total. The third-order valence-electron chi connectivity index (χ3n) is 3.55. The van der Waals surface area contributed by atoms with Crippen LogP contribution in [0.2, 0.25) is 0 Å². The Labute approximate surface area is 136 Å². The number of rotatable bonds is 6.